The number of rotatable bonds is 2. The third-order valence-corrected chi connectivity index (χ3v) is 1.10. The molecule has 1 atom stereocenters. The van der Waals surface area contributed by atoms with Crippen LogP contribution in [0.1, 0.15) is 6.92 Å². The minimum Gasteiger partial charge on any atom is -0.462 e. The number of ether oxygens (including phenoxy) is 1. The van der Waals surface area contributed by atoms with Crippen molar-refractivity contribution >= 4 is 40.2 Å². The maximum absolute atomic E-state index is 12.2. The molecule has 0 aliphatic heterocycles. The van der Waals surface area contributed by atoms with Crippen LogP contribution in [0.4, 0.5) is 4.39 Å². The number of hydrogen-bond donors (Lipinski definition) is 0. The van der Waals surface area contributed by atoms with Gasteiger partial charge in [0, 0.05) is 0 Å². The van der Waals surface area contributed by atoms with Crippen LogP contribution in [0.2, 0.25) is 0 Å². The molecule has 0 aromatic carbocycles. The standard InChI is InChI=1S/C4H5ClFIO2/c1-2-9-3(8)4(5,6)7/h2H2,1H3. The highest BCUT2D eigenvalue weighted by atomic mass is 127. The molecule has 0 saturated carbocycles. The van der Waals surface area contributed by atoms with Crippen LogP contribution in [0, 0.1) is 0 Å². The Morgan fingerprint density at radius 3 is 2.56 bits per heavy atom. The third kappa shape index (κ3) is 3.91. The summed E-state index contributed by atoms with van der Waals surface area (Å²) in [6.07, 6.45) is 0. The molecule has 0 bridgehead atoms. The lowest BCUT2D eigenvalue weighted by Gasteiger charge is -2.06. The van der Waals surface area contributed by atoms with Crippen molar-refractivity contribution in [3.8, 4) is 0 Å². The summed E-state index contributed by atoms with van der Waals surface area (Å²) in [5.41, 5.74) is 0. The summed E-state index contributed by atoms with van der Waals surface area (Å²) in [5.74, 6) is -1.05. The zero-order valence-electron chi connectivity index (χ0n) is 4.66. The van der Waals surface area contributed by atoms with Gasteiger partial charge < -0.3 is 4.74 Å². The highest BCUT2D eigenvalue weighted by Gasteiger charge is 2.33. The highest BCUT2D eigenvalue weighted by Crippen LogP contribution is 2.26. The fourth-order valence-corrected chi connectivity index (χ4v) is 0.423. The molecule has 1 unspecified atom stereocenters. The first-order chi connectivity index (χ1) is 3.98. The number of carbonyl (C=O) groups excluding carboxylic acids is 1. The van der Waals surface area contributed by atoms with Crippen LogP contribution in [-0.2, 0) is 9.53 Å². The van der Waals surface area contributed by atoms with Gasteiger partial charge in [0.25, 0.3) is 0 Å². The van der Waals surface area contributed by atoms with E-state index >= 15 is 0 Å². The number of carbonyl (C=O) groups is 1. The molecule has 0 aliphatic carbocycles. The fraction of sp³-hybridized carbons (Fsp3) is 0.750. The zero-order valence-corrected chi connectivity index (χ0v) is 7.57. The summed E-state index contributed by atoms with van der Waals surface area (Å²) >= 11 is 6.06. The molecule has 5 heteroatoms. The van der Waals surface area contributed by atoms with Crippen LogP contribution in [0.25, 0.3) is 0 Å². The summed E-state index contributed by atoms with van der Waals surface area (Å²) in [5, 5.41) is 0. The summed E-state index contributed by atoms with van der Waals surface area (Å²) in [6, 6.07) is 0. The van der Waals surface area contributed by atoms with E-state index in [9.17, 15) is 9.18 Å². The molecule has 0 spiro atoms. The van der Waals surface area contributed by atoms with Gasteiger partial charge in [-0.15, -0.1) is 0 Å². The Hall–Kier alpha value is 0.420. The van der Waals surface area contributed by atoms with Gasteiger partial charge in [-0.25, -0.2) is 9.18 Å². The number of hydrogen-bond acceptors (Lipinski definition) is 2. The molecule has 0 amide bonds. The Kier molecular flexibility index (Phi) is 3.72. The van der Waals surface area contributed by atoms with Gasteiger partial charge in [-0.05, 0) is 29.5 Å². The van der Waals surface area contributed by atoms with E-state index in [0.717, 1.165) is 22.6 Å². The summed E-state index contributed by atoms with van der Waals surface area (Å²) < 4.78 is 14.1. The number of alkyl halides is 3. The Morgan fingerprint density at radius 2 is 2.44 bits per heavy atom. The van der Waals surface area contributed by atoms with Crippen molar-refractivity contribution in [1.82, 2.24) is 0 Å². The van der Waals surface area contributed by atoms with E-state index in [-0.39, 0.29) is 6.61 Å². The molecule has 0 fully saturated rings. The van der Waals surface area contributed by atoms with Crippen LogP contribution in [0.15, 0.2) is 0 Å². The van der Waals surface area contributed by atoms with E-state index in [4.69, 9.17) is 11.6 Å². The maximum atomic E-state index is 12.2. The first-order valence-corrected chi connectivity index (χ1v) is 3.68. The normalized spacial score (nSPS) is 16.4. The molecule has 0 radical (unpaired) electrons. The van der Waals surface area contributed by atoms with E-state index in [0.29, 0.717) is 0 Å². The Morgan fingerprint density at radius 1 is 2.00 bits per heavy atom. The van der Waals surface area contributed by atoms with E-state index in [1.807, 2.05) is 0 Å². The minimum atomic E-state index is -2.41. The van der Waals surface area contributed by atoms with Crippen LogP contribution in [0.5, 0.6) is 0 Å². The van der Waals surface area contributed by atoms with E-state index in [2.05, 4.69) is 4.74 Å². The lowest BCUT2D eigenvalue weighted by atomic mass is 10.7. The monoisotopic (exact) mass is 266 g/mol. The second-order valence-electron chi connectivity index (χ2n) is 1.22. The molecule has 0 rings (SSSR count). The fourth-order valence-electron chi connectivity index (χ4n) is 0.213. The van der Waals surface area contributed by atoms with Gasteiger partial charge in [0.1, 0.15) is 0 Å². The van der Waals surface area contributed by atoms with Crippen molar-refractivity contribution < 1.29 is 13.9 Å². The van der Waals surface area contributed by atoms with Gasteiger partial charge in [0.15, 0.2) is 0 Å². The first-order valence-electron chi connectivity index (χ1n) is 2.22. The minimum absolute atomic E-state index is 0.139. The van der Waals surface area contributed by atoms with Crippen LogP contribution >= 0.6 is 34.2 Å². The summed E-state index contributed by atoms with van der Waals surface area (Å²) in [4.78, 5) is 10.3. The van der Waals surface area contributed by atoms with Crippen LogP contribution < -0.4 is 0 Å². The molecule has 0 N–H and O–H groups in total. The smallest absolute Gasteiger partial charge is 0.370 e. The topological polar surface area (TPSA) is 26.3 Å². The molecule has 0 aromatic rings. The molecule has 2 nitrogen and oxygen atoms in total. The van der Waals surface area contributed by atoms with Crippen molar-refractivity contribution in [3.63, 3.8) is 0 Å². The maximum Gasteiger partial charge on any atom is 0.370 e. The van der Waals surface area contributed by atoms with Gasteiger partial charge in [-0.1, -0.05) is 11.6 Å². The summed E-state index contributed by atoms with van der Waals surface area (Å²) in [7, 11) is 0. The van der Waals surface area contributed by atoms with Gasteiger partial charge >= 0.3 is 9.10 Å². The van der Waals surface area contributed by atoms with E-state index in [1.54, 1.807) is 6.92 Å². The molecular weight excluding hydrogens is 261 g/mol. The quantitative estimate of drug-likeness (QED) is 0.433. The summed E-state index contributed by atoms with van der Waals surface area (Å²) in [6.45, 7) is 1.72. The van der Waals surface area contributed by atoms with Gasteiger partial charge in [-0.3, -0.25) is 0 Å². The number of halogens is 3. The van der Waals surface area contributed by atoms with Gasteiger partial charge in [-0.2, -0.15) is 0 Å². The second-order valence-corrected chi connectivity index (χ2v) is 3.86. The van der Waals surface area contributed by atoms with Crippen LogP contribution in [-0.4, -0.2) is 15.7 Å². The number of esters is 1. The SMILES string of the molecule is CCOC(=O)C(F)(Cl)I. The Bertz CT molecular complexity index is 112. The third-order valence-electron chi connectivity index (χ3n) is 0.507. The van der Waals surface area contributed by atoms with E-state index < -0.39 is 9.10 Å². The van der Waals surface area contributed by atoms with E-state index in [1.165, 1.54) is 0 Å². The molecule has 0 aliphatic rings. The Labute approximate surface area is 70.8 Å². The largest absolute Gasteiger partial charge is 0.462 e. The van der Waals surface area contributed by atoms with Crippen LogP contribution in [0.3, 0.4) is 0 Å². The average molecular weight is 266 g/mol. The highest BCUT2D eigenvalue weighted by molar-refractivity contribution is 14.1. The van der Waals surface area contributed by atoms with Gasteiger partial charge in [0.2, 0.25) is 0 Å². The first kappa shape index (κ1) is 9.42. The van der Waals surface area contributed by atoms with Crippen molar-refractivity contribution in [2.45, 2.75) is 10.1 Å². The van der Waals surface area contributed by atoms with Crippen molar-refractivity contribution in [2.75, 3.05) is 6.61 Å². The molecule has 0 saturated heterocycles. The lowest BCUT2D eigenvalue weighted by Crippen LogP contribution is -2.21. The van der Waals surface area contributed by atoms with Crippen molar-refractivity contribution in [1.29, 1.82) is 0 Å². The molecule has 54 valence electrons. The van der Waals surface area contributed by atoms with Crippen molar-refractivity contribution in [2.24, 2.45) is 0 Å². The molecule has 0 aromatic heterocycles. The molecule has 9 heavy (non-hydrogen) atoms. The predicted molar refractivity (Wildman–Crippen MR) is 40.3 cm³/mol. The van der Waals surface area contributed by atoms with Crippen molar-refractivity contribution in [3.05, 3.63) is 0 Å². The van der Waals surface area contributed by atoms with Gasteiger partial charge in [0.05, 0.1) is 6.61 Å². The average Bonchev–Trinajstić information content (AvgIpc) is 1.64. The lowest BCUT2D eigenvalue weighted by molar-refractivity contribution is -0.146. The molecular formula is C4H5ClFIO2. The predicted octanol–water partition coefficient (Wildman–Crippen LogP) is 1.85. The Balaban J connectivity index is 3.74. The second kappa shape index (κ2) is 3.55. The zero-order chi connectivity index (χ0) is 7.49. The molecule has 0 heterocycles.